The monoisotopic (exact) mass is 252 g/mol. The third kappa shape index (κ3) is 2.82. The summed E-state index contributed by atoms with van der Waals surface area (Å²) >= 11 is 1.29. The molecule has 17 heavy (non-hydrogen) atoms. The molecule has 90 valence electrons. The molecule has 2 aromatic rings. The number of anilines is 1. The summed E-state index contributed by atoms with van der Waals surface area (Å²) in [6.07, 6.45) is 2.57. The van der Waals surface area contributed by atoms with Crippen LogP contribution in [0.15, 0.2) is 17.6 Å². The maximum atomic E-state index is 10.6. The van der Waals surface area contributed by atoms with Gasteiger partial charge in [0.2, 0.25) is 0 Å². The van der Waals surface area contributed by atoms with Crippen LogP contribution in [0.5, 0.6) is 0 Å². The lowest BCUT2D eigenvalue weighted by Gasteiger charge is -2.02. The van der Waals surface area contributed by atoms with E-state index in [4.69, 9.17) is 5.11 Å². The predicted octanol–water partition coefficient (Wildman–Crippen LogP) is 1.23. The van der Waals surface area contributed by atoms with Gasteiger partial charge >= 0.3 is 5.97 Å². The number of nitrogens with zero attached hydrogens (tertiary/aromatic N) is 3. The highest BCUT2D eigenvalue weighted by molar-refractivity contribution is 7.13. The molecule has 0 fully saturated rings. The first-order valence-corrected chi connectivity index (χ1v) is 5.94. The second-order valence-electron chi connectivity index (χ2n) is 3.47. The minimum Gasteiger partial charge on any atom is -0.476 e. The molecule has 0 saturated carbocycles. The lowest BCUT2D eigenvalue weighted by Crippen LogP contribution is -2.08. The van der Waals surface area contributed by atoms with Crippen molar-refractivity contribution >= 4 is 22.4 Å². The number of carboxylic acids is 1. The van der Waals surface area contributed by atoms with E-state index in [0.29, 0.717) is 11.7 Å². The Labute approximate surface area is 102 Å². The normalized spacial score (nSPS) is 10.4. The van der Waals surface area contributed by atoms with Gasteiger partial charge in [0.15, 0.2) is 10.8 Å². The molecule has 0 aliphatic carbocycles. The van der Waals surface area contributed by atoms with Crippen LogP contribution in [0.25, 0.3) is 0 Å². The van der Waals surface area contributed by atoms with Crippen molar-refractivity contribution in [3.05, 3.63) is 29.0 Å². The number of hydrogen-bond donors (Lipinski definition) is 2. The lowest BCUT2D eigenvalue weighted by atomic mass is 10.3. The van der Waals surface area contributed by atoms with Crippen LogP contribution in [0, 0.1) is 0 Å². The lowest BCUT2D eigenvalue weighted by molar-refractivity contribution is 0.0691. The zero-order chi connectivity index (χ0) is 12.3. The van der Waals surface area contributed by atoms with Gasteiger partial charge in [-0.15, -0.1) is 11.3 Å². The number of nitrogens with one attached hydrogen (secondary N) is 1. The molecule has 0 radical (unpaired) electrons. The van der Waals surface area contributed by atoms with E-state index in [1.54, 1.807) is 6.20 Å². The van der Waals surface area contributed by atoms with Crippen molar-refractivity contribution < 1.29 is 9.90 Å². The number of aromatic nitrogens is 3. The van der Waals surface area contributed by atoms with Crippen LogP contribution >= 0.6 is 11.3 Å². The van der Waals surface area contributed by atoms with E-state index < -0.39 is 5.97 Å². The minimum atomic E-state index is -0.999. The van der Waals surface area contributed by atoms with Gasteiger partial charge in [-0.1, -0.05) is 0 Å². The molecule has 0 bridgehead atoms. The Morgan fingerprint density at radius 1 is 1.65 bits per heavy atom. The van der Waals surface area contributed by atoms with Crippen LogP contribution < -0.4 is 5.32 Å². The molecular weight excluding hydrogens is 240 g/mol. The summed E-state index contributed by atoms with van der Waals surface area (Å²) in [4.78, 5) is 14.6. The smallest absolute Gasteiger partial charge is 0.355 e. The van der Waals surface area contributed by atoms with Crippen molar-refractivity contribution in [2.45, 2.75) is 6.42 Å². The molecule has 0 saturated heterocycles. The highest BCUT2D eigenvalue weighted by Crippen LogP contribution is 2.15. The molecule has 0 spiro atoms. The zero-order valence-electron chi connectivity index (χ0n) is 9.25. The fraction of sp³-hybridized carbons (Fsp3) is 0.300. The van der Waals surface area contributed by atoms with E-state index in [0.717, 1.165) is 12.1 Å². The van der Waals surface area contributed by atoms with Gasteiger partial charge in [-0.2, -0.15) is 5.10 Å². The minimum absolute atomic E-state index is 0.0815. The first-order chi connectivity index (χ1) is 8.16. The molecule has 0 aliphatic rings. The van der Waals surface area contributed by atoms with Gasteiger partial charge in [-0.3, -0.25) is 4.68 Å². The Balaban J connectivity index is 1.86. The number of thiazole rings is 1. The van der Waals surface area contributed by atoms with Crippen LogP contribution in [-0.4, -0.2) is 32.4 Å². The Morgan fingerprint density at radius 2 is 2.47 bits per heavy atom. The number of hydrogen-bond acceptors (Lipinski definition) is 5. The SMILES string of the molecule is Cn1nccc1CCNc1nc(C(=O)O)cs1. The summed E-state index contributed by atoms with van der Waals surface area (Å²) in [7, 11) is 1.89. The fourth-order valence-corrected chi connectivity index (χ4v) is 2.11. The van der Waals surface area contributed by atoms with E-state index in [-0.39, 0.29) is 5.69 Å². The van der Waals surface area contributed by atoms with Crippen molar-refractivity contribution in [1.82, 2.24) is 14.8 Å². The number of aryl methyl sites for hydroxylation is 1. The van der Waals surface area contributed by atoms with Crippen LogP contribution in [0.3, 0.4) is 0 Å². The summed E-state index contributed by atoms with van der Waals surface area (Å²) in [5.74, 6) is -0.999. The van der Waals surface area contributed by atoms with Crippen LogP contribution in [-0.2, 0) is 13.5 Å². The predicted molar refractivity (Wildman–Crippen MR) is 64.5 cm³/mol. The summed E-state index contributed by atoms with van der Waals surface area (Å²) in [5.41, 5.74) is 1.20. The summed E-state index contributed by atoms with van der Waals surface area (Å²) in [5, 5.41) is 18.0. The molecule has 0 aromatic carbocycles. The van der Waals surface area contributed by atoms with Crippen LogP contribution in [0.2, 0.25) is 0 Å². The molecule has 0 amide bonds. The first kappa shape index (κ1) is 11.6. The van der Waals surface area contributed by atoms with Crippen LogP contribution in [0.4, 0.5) is 5.13 Å². The van der Waals surface area contributed by atoms with E-state index in [1.165, 1.54) is 16.7 Å². The molecular formula is C10H12N4O2S. The second kappa shape index (κ2) is 4.96. The summed E-state index contributed by atoms with van der Waals surface area (Å²) in [6.45, 7) is 0.701. The van der Waals surface area contributed by atoms with Crippen molar-refractivity contribution in [1.29, 1.82) is 0 Å². The van der Waals surface area contributed by atoms with Gasteiger partial charge in [-0.25, -0.2) is 9.78 Å². The van der Waals surface area contributed by atoms with Crippen molar-refractivity contribution in [3.8, 4) is 0 Å². The quantitative estimate of drug-likeness (QED) is 0.836. The van der Waals surface area contributed by atoms with Gasteiger partial charge in [0.05, 0.1) is 0 Å². The molecule has 0 unspecified atom stereocenters. The Bertz CT molecular complexity index is 520. The van der Waals surface area contributed by atoms with E-state index in [9.17, 15) is 4.79 Å². The maximum absolute atomic E-state index is 10.6. The molecule has 2 rings (SSSR count). The van der Waals surface area contributed by atoms with Gasteiger partial charge < -0.3 is 10.4 Å². The standard InChI is InChI=1S/C10H12N4O2S/c1-14-7(3-5-12-14)2-4-11-10-13-8(6-17-10)9(15)16/h3,5-6H,2,4H2,1H3,(H,11,13)(H,15,16). The van der Waals surface area contributed by atoms with Gasteiger partial charge in [0.25, 0.3) is 0 Å². The average molecular weight is 252 g/mol. The Hall–Kier alpha value is -1.89. The van der Waals surface area contributed by atoms with Crippen molar-refractivity contribution in [2.75, 3.05) is 11.9 Å². The summed E-state index contributed by atoms with van der Waals surface area (Å²) in [6, 6.07) is 1.95. The number of rotatable bonds is 5. The Kier molecular flexibility index (Phi) is 3.38. The molecule has 0 aliphatic heterocycles. The molecule has 2 heterocycles. The topological polar surface area (TPSA) is 80.0 Å². The largest absolute Gasteiger partial charge is 0.476 e. The fourth-order valence-electron chi connectivity index (χ4n) is 1.40. The highest BCUT2D eigenvalue weighted by Gasteiger charge is 2.08. The van der Waals surface area contributed by atoms with Crippen molar-refractivity contribution in [3.63, 3.8) is 0 Å². The highest BCUT2D eigenvalue weighted by atomic mass is 32.1. The molecule has 2 aromatic heterocycles. The number of carboxylic acid groups (broad SMARTS) is 1. The van der Waals surface area contributed by atoms with E-state index >= 15 is 0 Å². The van der Waals surface area contributed by atoms with Gasteiger partial charge in [0.1, 0.15) is 0 Å². The molecule has 0 atom stereocenters. The van der Waals surface area contributed by atoms with E-state index in [1.807, 2.05) is 17.8 Å². The summed E-state index contributed by atoms with van der Waals surface area (Å²) < 4.78 is 1.81. The second-order valence-corrected chi connectivity index (χ2v) is 4.32. The third-order valence-electron chi connectivity index (χ3n) is 2.30. The Morgan fingerprint density at radius 3 is 3.06 bits per heavy atom. The van der Waals surface area contributed by atoms with Crippen LogP contribution in [0.1, 0.15) is 16.2 Å². The average Bonchev–Trinajstić information content (AvgIpc) is 2.89. The molecule has 6 nitrogen and oxygen atoms in total. The van der Waals surface area contributed by atoms with E-state index in [2.05, 4.69) is 15.4 Å². The van der Waals surface area contributed by atoms with Crippen molar-refractivity contribution in [2.24, 2.45) is 7.05 Å². The van der Waals surface area contributed by atoms with Gasteiger partial charge in [0, 0.05) is 37.3 Å². The molecule has 2 N–H and O–H groups in total. The van der Waals surface area contributed by atoms with Gasteiger partial charge in [-0.05, 0) is 6.07 Å². The maximum Gasteiger partial charge on any atom is 0.355 e. The third-order valence-corrected chi connectivity index (χ3v) is 3.10. The molecule has 7 heteroatoms. The zero-order valence-corrected chi connectivity index (χ0v) is 10.1. The number of carbonyl (C=O) groups is 1. The first-order valence-electron chi connectivity index (χ1n) is 5.06. The number of aromatic carboxylic acids is 1.